The zero-order valence-electron chi connectivity index (χ0n) is 25.8. The number of ether oxygens (including phenoxy) is 5. The topological polar surface area (TPSA) is 102 Å². The normalized spacial score (nSPS) is 18.4. The van der Waals surface area contributed by atoms with Crippen molar-refractivity contribution in [3.05, 3.63) is 47.5 Å². The van der Waals surface area contributed by atoms with E-state index in [1.807, 2.05) is 51.1 Å². The fraction of sp³-hybridized carbons (Fsp3) is 0.531. The van der Waals surface area contributed by atoms with Gasteiger partial charge < -0.3 is 28.6 Å². The molecule has 0 saturated carbocycles. The standard InChI is InChI=1S/C32H42N4O7/c1-32(2,3)19-30(37)35(11-10-34-12-14-41-15-13-34)20-31(38)36-26(22-6-9-27-29(16-22)43-21-42-27)18-25(33-36)24-8-7-23(39-4)17-28(24)40-5/h6-9,16-17,26H,10-15,18-21H2,1-5H3/t26-/m0/s1. The molecule has 0 radical (unpaired) electrons. The smallest absolute Gasteiger partial charge is 0.262 e. The Morgan fingerprint density at radius 3 is 2.51 bits per heavy atom. The van der Waals surface area contributed by atoms with Gasteiger partial charge in [-0.1, -0.05) is 26.8 Å². The van der Waals surface area contributed by atoms with Gasteiger partial charge in [0, 0.05) is 50.7 Å². The third kappa shape index (κ3) is 7.40. The Hall–Kier alpha value is -3.83. The summed E-state index contributed by atoms with van der Waals surface area (Å²) in [4.78, 5) is 31.6. The number of hydrogen-bond donors (Lipinski definition) is 0. The second-order valence-corrected chi connectivity index (χ2v) is 12.2. The van der Waals surface area contributed by atoms with Gasteiger partial charge >= 0.3 is 0 Å². The Morgan fingerprint density at radius 2 is 1.79 bits per heavy atom. The average Bonchev–Trinajstić information content (AvgIpc) is 3.65. The van der Waals surface area contributed by atoms with E-state index in [0.29, 0.717) is 67.9 Å². The van der Waals surface area contributed by atoms with E-state index in [2.05, 4.69) is 4.90 Å². The second kappa shape index (κ2) is 13.2. The van der Waals surface area contributed by atoms with Gasteiger partial charge in [0.25, 0.3) is 5.91 Å². The monoisotopic (exact) mass is 594 g/mol. The van der Waals surface area contributed by atoms with Crippen LogP contribution in [-0.4, -0.2) is 99.3 Å². The van der Waals surface area contributed by atoms with Gasteiger partial charge in [-0.15, -0.1) is 0 Å². The lowest BCUT2D eigenvalue weighted by Crippen LogP contribution is -2.47. The Bertz CT molecular complexity index is 1350. The third-order valence-corrected chi connectivity index (χ3v) is 7.82. The molecule has 5 rings (SSSR count). The number of amides is 2. The summed E-state index contributed by atoms with van der Waals surface area (Å²) < 4.78 is 27.7. The number of carbonyl (C=O) groups is 2. The molecule has 0 bridgehead atoms. The molecule has 0 aromatic heterocycles. The quantitative estimate of drug-likeness (QED) is 0.411. The van der Waals surface area contributed by atoms with Gasteiger partial charge in [-0.05, 0) is 35.2 Å². The molecule has 0 unspecified atom stereocenters. The molecular formula is C32H42N4O7. The Kier molecular flexibility index (Phi) is 9.41. The van der Waals surface area contributed by atoms with E-state index >= 15 is 0 Å². The number of hydrogen-bond acceptors (Lipinski definition) is 9. The summed E-state index contributed by atoms with van der Waals surface area (Å²) in [5.41, 5.74) is 2.13. The van der Waals surface area contributed by atoms with Gasteiger partial charge in [0.1, 0.15) is 18.0 Å². The van der Waals surface area contributed by atoms with Crippen LogP contribution in [0.5, 0.6) is 23.0 Å². The Morgan fingerprint density at radius 1 is 1.02 bits per heavy atom. The van der Waals surface area contributed by atoms with Crippen LogP contribution in [0.1, 0.15) is 50.8 Å². The van der Waals surface area contributed by atoms with Crippen LogP contribution in [0.4, 0.5) is 0 Å². The highest BCUT2D eigenvalue weighted by Gasteiger charge is 2.36. The van der Waals surface area contributed by atoms with Crippen LogP contribution >= 0.6 is 0 Å². The SMILES string of the molecule is COc1ccc(C2=NN(C(=O)CN(CCN3CCOCC3)C(=O)CC(C)(C)C)[C@H](c3ccc4c(c3)OCO4)C2)c(OC)c1. The van der Waals surface area contributed by atoms with Crippen molar-refractivity contribution in [2.45, 2.75) is 39.7 Å². The van der Waals surface area contributed by atoms with Gasteiger partial charge in [-0.2, -0.15) is 5.10 Å². The van der Waals surface area contributed by atoms with E-state index in [-0.39, 0.29) is 30.6 Å². The minimum Gasteiger partial charge on any atom is -0.497 e. The molecule has 43 heavy (non-hydrogen) atoms. The summed E-state index contributed by atoms with van der Waals surface area (Å²) in [6.07, 6.45) is 0.796. The average molecular weight is 595 g/mol. The van der Waals surface area contributed by atoms with Crippen molar-refractivity contribution >= 4 is 17.5 Å². The van der Waals surface area contributed by atoms with Crippen molar-refractivity contribution in [3.8, 4) is 23.0 Å². The van der Waals surface area contributed by atoms with Crippen molar-refractivity contribution in [1.29, 1.82) is 0 Å². The predicted octanol–water partition coefficient (Wildman–Crippen LogP) is 3.71. The van der Waals surface area contributed by atoms with Crippen molar-refractivity contribution in [2.75, 3.05) is 67.0 Å². The van der Waals surface area contributed by atoms with E-state index in [4.69, 9.17) is 28.8 Å². The first kappa shape index (κ1) is 30.6. The molecule has 232 valence electrons. The lowest BCUT2D eigenvalue weighted by molar-refractivity contribution is -0.142. The number of methoxy groups -OCH3 is 2. The van der Waals surface area contributed by atoms with E-state index in [1.54, 1.807) is 25.2 Å². The highest BCUT2D eigenvalue weighted by atomic mass is 16.7. The molecule has 1 fully saturated rings. The molecule has 1 saturated heterocycles. The molecule has 0 aliphatic carbocycles. The molecule has 11 nitrogen and oxygen atoms in total. The van der Waals surface area contributed by atoms with Crippen LogP contribution in [0.25, 0.3) is 0 Å². The van der Waals surface area contributed by atoms with E-state index in [9.17, 15) is 9.59 Å². The predicted molar refractivity (Wildman–Crippen MR) is 161 cm³/mol. The lowest BCUT2D eigenvalue weighted by Gasteiger charge is -2.32. The van der Waals surface area contributed by atoms with Gasteiger partial charge in [0.2, 0.25) is 12.7 Å². The lowest BCUT2D eigenvalue weighted by atomic mass is 9.91. The molecule has 2 amide bonds. The molecule has 3 aliphatic rings. The summed E-state index contributed by atoms with van der Waals surface area (Å²) in [7, 11) is 3.20. The highest BCUT2D eigenvalue weighted by Crippen LogP contribution is 2.40. The number of hydrazone groups is 1. The third-order valence-electron chi connectivity index (χ3n) is 7.82. The van der Waals surface area contributed by atoms with Gasteiger partial charge in [0.05, 0.1) is 39.2 Å². The summed E-state index contributed by atoms with van der Waals surface area (Å²) >= 11 is 0. The van der Waals surface area contributed by atoms with Gasteiger partial charge in [-0.25, -0.2) is 5.01 Å². The first-order chi connectivity index (χ1) is 20.6. The number of rotatable bonds is 10. The van der Waals surface area contributed by atoms with Crippen LogP contribution in [0, 0.1) is 5.41 Å². The summed E-state index contributed by atoms with van der Waals surface area (Å²) in [6, 6.07) is 10.8. The van der Waals surface area contributed by atoms with E-state index in [1.165, 1.54) is 5.01 Å². The molecule has 0 N–H and O–H groups in total. The van der Waals surface area contributed by atoms with Crippen LogP contribution in [0.2, 0.25) is 0 Å². The number of morpholine rings is 1. The fourth-order valence-corrected chi connectivity index (χ4v) is 5.50. The van der Waals surface area contributed by atoms with Crippen LogP contribution < -0.4 is 18.9 Å². The second-order valence-electron chi connectivity index (χ2n) is 12.2. The van der Waals surface area contributed by atoms with E-state index in [0.717, 1.165) is 24.2 Å². The Balaban J connectivity index is 1.43. The minimum atomic E-state index is -0.400. The van der Waals surface area contributed by atoms with Crippen molar-refractivity contribution < 1.29 is 33.3 Å². The molecular weight excluding hydrogens is 552 g/mol. The van der Waals surface area contributed by atoms with E-state index < -0.39 is 6.04 Å². The first-order valence-electron chi connectivity index (χ1n) is 14.7. The summed E-state index contributed by atoms with van der Waals surface area (Å²) in [6.45, 7) is 10.3. The molecule has 3 aliphatic heterocycles. The Labute approximate surface area is 253 Å². The van der Waals surface area contributed by atoms with Gasteiger partial charge in [0.15, 0.2) is 11.5 Å². The largest absolute Gasteiger partial charge is 0.497 e. The molecule has 0 spiro atoms. The molecule has 2 aromatic carbocycles. The van der Waals surface area contributed by atoms with Crippen molar-refractivity contribution in [3.63, 3.8) is 0 Å². The summed E-state index contributed by atoms with van der Waals surface area (Å²) in [5.74, 6) is 2.26. The van der Waals surface area contributed by atoms with Crippen LogP contribution in [0.3, 0.4) is 0 Å². The molecule has 3 heterocycles. The number of carbonyl (C=O) groups excluding carboxylic acids is 2. The molecule has 11 heteroatoms. The van der Waals surface area contributed by atoms with Crippen molar-refractivity contribution in [2.24, 2.45) is 10.5 Å². The molecule has 1 atom stereocenters. The van der Waals surface area contributed by atoms with Crippen molar-refractivity contribution in [1.82, 2.24) is 14.8 Å². The fourth-order valence-electron chi connectivity index (χ4n) is 5.50. The van der Waals surface area contributed by atoms with Crippen LogP contribution in [-0.2, 0) is 14.3 Å². The minimum absolute atomic E-state index is 0.0473. The maximum absolute atomic E-state index is 14.1. The van der Waals surface area contributed by atoms with Crippen LogP contribution in [0.15, 0.2) is 41.5 Å². The maximum Gasteiger partial charge on any atom is 0.262 e. The zero-order chi connectivity index (χ0) is 30.6. The highest BCUT2D eigenvalue weighted by molar-refractivity contribution is 6.05. The molecule has 2 aromatic rings. The number of nitrogens with zero attached hydrogens (tertiary/aromatic N) is 4. The number of fused-ring (bicyclic) bond motifs is 1. The maximum atomic E-state index is 14.1. The first-order valence-corrected chi connectivity index (χ1v) is 14.7. The summed E-state index contributed by atoms with van der Waals surface area (Å²) in [5, 5.41) is 6.37. The zero-order valence-corrected chi connectivity index (χ0v) is 25.8. The number of benzene rings is 2. The van der Waals surface area contributed by atoms with Gasteiger partial charge in [-0.3, -0.25) is 14.5 Å².